The van der Waals surface area contributed by atoms with Crippen molar-refractivity contribution in [3.05, 3.63) is 41.5 Å². The molecule has 1 amide bonds. The Balaban J connectivity index is 1.96. The van der Waals surface area contributed by atoms with E-state index >= 15 is 0 Å². The van der Waals surface area contributed by atoms with Crippen molar-refractivity contribution in [3.8, 4) is 0 Å². The second-order valence-corrected chi connectivity index (χ2v) is 4.27. The molecule has 2 aromatic rings. The maximum atomic E-state index is 12.8. The molecule has 2 rings (SSSR count). The van der Waals surface area contributed by atoms with Gasteiger partial charge in [0, 0.05) is 14.1 Å². The van der Waals surface area contributed by atoms with E-state index in [1.165, 1.54) is 21.7 Å². The average Bonchev–Trinajstić information content (AvgIpc) is 2.78. The van der Waals surface area contributed by atoms with Crippen molar-refractivity contribution in [1.29, 1.82) is 0 Å². The van der Waals surface area contributed by atoms with Crippen molar-refractivity contribution < 1.29 is 9.18 Å². The molecular weight excluding hydrogens is 249 g/mol. The van der Waals surface area contributed by atoms with Crippen LogP contribution in [0, 0.1) is 5.82 Å². The number of aryl methyl sites for hydroxylation is 1. The Morgan fingerprint density at radius 1 is 1.37 bits per heavy atom. The van der Waals surface area contributed by atoms with E-state index in [1.807, 2.05) is 0 Å². The summed E-state index contributed by atoms with van der Waals surface area (Å²) in [6.45, 7) is 0.337. The summed E-state index contributed by atoms with van der Waals surface area (Å²) < 4.78 is 14.3. The Hall–Kier alpha value is -2.31. The molecule has 1 heterocycles. The van der Waals surface area contributed by atoms with Crippen molar-refractivity contribution in [2.75, 3.05) is 7.05 Å². The topological polar surface area (TPSA) is 63.9 Å². The number of rotatable bonds is 4. The first-order chi connectivity index (χ1) is 9.06. The number of carbonyl (C=O) groups excluding carboxylic acids is 1. The molecule has 6 nitrogen and oxygen atoms in total. The zero-order valence-electron chi connectivity index (χ0n) is 10.7. The third kappa shape index (κ3) is 3.34. The van der Waals surface area contributed by atoms with E-state index in [2.05, 4.69) is 15.5 Å². The van der Waals surface area contributed by atoms with E-state index in [0.29, 0.717) is 12.4 Å². The van der Waals surface area contributed by atoms with E-state index in [1.54, 1.807) is 26.2 Å². The standard InChI is InChI=1S/C12H14FN5O/c1-17(8-11-14-15-16-18(11)2)12(19)7-9-3-5-10(13)6-4-9/h3-6H,7-8H2,1-2H3. The first-order valence-electron chi connectivity index (χ1n) is 5.76. The zero-order chi connectivity index (χ0) is 13.8. The predicted molar refractivity (Wildman–Crippen MR) is 65.4 cm³/mol. The molecule has 1 aromatic heterocycles. The third-order valence-electron chi connectivity index (χ3n) is 2.78. The Labute approximate surface area is 109 Å². The van der Waals surface area contributed by atoms with Gasteiger partial charge in [0.05, 0.1) is 13.0 Å². The monoisotopic (exact) mass is 263 g/mol. The van der Waals surface area contributed by atoms with Crippen LogP contribution in [0.15, 0.2) is 24.3 Å². The molecule has 0 radical (unpaired) electrons. The van der Waals surface area contributed by atoms with E-state index in [-0.39, 0.29) is 18.1 Å². The number of hydrogen-bond acceptors (Lipinski definition) is 4. The second-order valence-electron chi connectivity index (χ2n) is 4.27. The highest BCUT2D eigenvalue weighted by molar-refractivity contribution is 5.78. The molecule has 7 heteroatoms. The van der Waals surface area contributed by atoms with E-state index in [0.717, 1.165) is 5.56 Å². The number of nitrogens with zero attached hydrogens (tertiary/aromatic N) is 5. The van der Waals surface area contributed by atoms with Gasteiger partial charge in [-0.1, -0.05) is 12.1 Å². The van der Waals surface area contributed by atoms with E-state index in [9.17, 15) is 9.18 Å². The van der Waals surface area contributed by atoms with Crippen LogP contribution in [0.1, 0.15) is 11.4 Å². The SMILES string of the molecule is CN(Cc1nnnn1C)C(=O)Cc1ccc(F)cc1. The summed E-state index contributed by atoms with van der Waals surface area (Å²) in [5.41, 5.74) is 0.773. The van der Waals surface area contributed by atoms with Crippen LogP contribution in [-0.4, -0.2) is 38.1 Å². The molecule has 1 aromatic carbocycles. The molecule has 0 spiro atoms. The molecule has 0 atom stereocenters. The number of hydrogen-bond donors (Lipinski definition) is 0. The molecular formula is C12H14FN5O. The van der Waals surface area contributed by atoms with Gasteiger partial charge in [-0.3, -0.25) is 4.79 Å². The lowest BCUT2D eigenvalue weighted by Gasteiger charge is -2.16. The fraction of sp³-hybridized carbons (Fsp3) is 0.333. The summed E-state index contributed by atoms with van der Waals surface area (Å²) in [6, 6.07) is 5.89. The highest BCUT2D eigenvalue weighted by Crippen LogP contribution is 2.06. The molecule has 0 N–H and O–H groups in total. The maximum Gasteiger partial charge on any atom is 0.227 e. The number of aromatic nitrogens is 4. The van der Waals surface area contributed by atoms with Crippen molar-refractivity contribution >= 4 is 5.91 Å². The summed E-state index contributed by atoms with van der Waals surface area (Å²) in [4.78, 5) is 13.5. The highest BCUT2D eigenvalue weighted by Gasteiger charge is 2.13. The van der Waals surface area contributed by atoms with Crippen LogP contribution in [0.4, 0.5) is 4.39 Å². The molecule has 0 saturated heterocycles. The fourth-order valence-electron chi connectivity index (χ4n) is 1.59. The molecule has 0 fully saturated rings. The summed E-state index contributed by atoms with van der Waals surface area (Å²) in [5.74, 6) is 0.222. The highest BCUT2D eigenvalue weighted by atomic mass is 19.1. The summed E-state index contributed by atoms with van der Waals surface area (Å²) in [6.07, 6.45) is 0.224. The lowest BCUT2D eigenvalue weighted by molar-refractivity contribution is -0.129. The number of benzene rings is 1. The van der Waals surface area contributed by atoms with Gasteiger partial charge < -0.3 is 4.90 Å². The number of halogens is 1. The van der Waals surface area contributed by atoms with Crippen molar-refractivity contribution in [1.82, 2.24) is 25.1 Å². The van der Waals surface area contributed by atoms with Gasteiger partial charge >= 0.3 is 0 Å². The van der Waals surface area contributed by atoms with Crippen LogP contribution in [-0.2, 0) is 24.8 Å². The van der Waals surface area contributed by atoms with Crippen LogP contribution < -0.4 is 0 Å². The van der Waals surface area contributed by atoms with Gasteiger partial charge in [0.1, 0.15) is 5.82 Å². The molecule has 100 valence electrons. The quantitative estimate of drug-likeness (QED) is 0.808. The maximum absolute atomic E-state index is 12.8. The van der Waals surface area contributed by atoms with Crippen LogP contribution in [0.5, 0.6) is 0 Å². The molecule has 0 unspecified atom stereocenters. The van der Waals surface area contributed by atoms with Gasteiger partial charge in [-0.2, -0.15) is 0 Å². The summed E-state index contributed by atoms with van der Waals surface area (Å²) in [7, 11) is 3.40. The first kappa shape index (κ1) is 13.1. The first-order valence-corrected chi connectivity index (χ1v) is 5.76. The summed E-state index contributed by atoms with van der Waals surface area (Å²) >= 11 is 0. The number of tetrazole rings is 1. The molecule has 19 heavy (non-hydrogen) atoms. The average molecular weight is 263 g/mol. The van der Waals surface area contributed by atoms with Crippen LogP contribution in [0.25, 0.3) is 0 Å². The van der Waals surface area contributed by atoms with E-state index in [4.69, 9.17) is 0 Å². The van der Waals surface area contributed by atoms with Gasteiger partial charge in [0.25, 0.3) is 0 Å². The van der Waals surface area contributed by atoms with Gasteiger partial charge in [-0.15, -0.1) is 5.10 Å². The minimum Gasteiger partial charge on any atom is -0.338 e. The Morgan fingerprint density at radius 3 is 2.63 bits per heavy atom. The Kier molecular flexibility index (Phi) is 3.84. The van der Waals surface area contributed by atoms with Gasteiger partial charge in [0.2, 0.25) is 5.91 Å². The lowest BCUT2D eigenvalue weighted by atomic mass is 10.1. The van der Waals surface area contributed by atoms with Crippen molar-refractivity contribution in [2.24, 2.45) is 7.05 Å². The lowest BCUT2D eigenvalue weighted by Crippen LogP contribution is -2.29. The molecule has 0 aliphatic rings. The Morgan fingerprint density at radius 2 is 2.05 bits per heavy atom. The van der Waals surface area contributed by atoms with Crippen molar-refractivity contribution in [2.45, 2.75) is 13.0 Å². The summed E-state index contributed by atoms with van der Waals surface area (Å²) in [5, 5.41) is 11.0. The predicted octanol–water partition coefficient (Wildman–Crippen LogP) is 0.550. The van der Waals surface area contributed by atoms with Crippen molar-refractivity contribution in [3.63, 3.8) is 0 Å². The third-order valence-corrected chi connectivity index (χ3v) is 2.78. The molecule has 0 aliphatic carbocycles. The van der Waals surface area contributed by atoms with Gasteiger partial charge in [-0.05, 0) is 28.1 Å². The van der Waals surface area contributed by atoms with Gasteiger partial charge in [-0.25, -0.2) is 9.07 Å². The number of carbonyl (C=O) groups is 1. The zero-order valence-corrected chi connectivity index (χ0v) is 10.7. The molecule has 0 saturated carbocycles. The van der Waals surface area contributed by atoms with Gasteiger partial charge in [0.15, 0.2) is 5.82 Å². The number of likely N-dealkylation sites (N-methyl/N-ethyl adjacent to an activating group) is 1. The molecule has 0 aliphatic heterocycles. The minimum absolute atomic E-state index is 0.0744. The number of amides is 1. The Bertz CT molecular complexity index is 566. The van der Waals surface area contributed by atoms with Crippen LogP contribution in [0.3, 0.4) is 0 Å². The molecule has 0 bridgehead atoms. The smallest absolute Gasteiger partial charge is 0.227 e. The largest absolute Gasteiger partial charge is 0.338 e. The fourth-order valence-corrected chi connectivity index (χ4v) is 1.59. The van der Waals surface area contributed by atoms with E-state index < -0.39 is 0 Å². The second kappa shape index (κ2) is 5.55. The van der Waals surface area contributed by atoms with Crippen LogP contribution in [0.2, 0.25) is 0 Å². The van der Waals surface area contributed by atoms with Crippen LogP contribution >= 0.6 is 0 Å². The minimum atomic E-state index is -0.310. The normalized spacial score (nSPS) is 10.5.